The molecule has 0 N–H and O–H groups in total. The molecule has 0 aliphatic heterocycles. The van der Waals surface area contributed by atoms with Crippen LogP contribution in [0.15, 0.2) is 168 Å². The van der Waals surface area contributed by atoms with Crippen molar-refractivity contribution in [3.8, 4) is 44.6 Å². The van der Waals surface area contributed by atoms with Gasteiger partial charge in [-0.2, -0.15) is 0 Å². The summed E-state index contributed by atoms with van der Waals surface area (Å²) < 4.78 is 6.34. The number of aromatic nitrogens is 1. The number of hydrogen-bond acceptors (Lipinski definition) is 2. The predicted octanol–water partition coefficient (Wildman–Crippen LogP) is 12.0. The Labute approximate surface area is 260 Å². The smallest absolute Gasteiger partial charge is 0.136 e. The van der Waals surface area contributed by atoms with Crippen molar-refractivity contribution >= 4 is 43.6 Å². The first-order valence-corrected chi connectivity index (χ1v) is 15.3. The van der Waals surface area contributed by atoms with Crippen LogP contribution in [-0.4, -0.2) is 4.98 Å². The van der Waals surface area contributed by atoms with E-state index in [0.29, 0.717) is 0 Å². The van der Waals surface area contributed by atoms with Crippen LogP contribution in [0.2, 0.25) is 0 Å². The third-order valence-electron chi connectivity index (χ3n) is 8.83. The number of hydrogen-bond donors (Lipinski definition) is 0. The van der Waals surface area contributed by atoms with Crippen LogP contribution in [0.1, 0.15) is 0 Å². The van der Waals surface area contributed by atoms with Gasteiger partial charge in [-0.3, -0.25) is 0 Å². The van der Waals surface area contributed by atoms with Crippen LogP contribution >= 0.6 is 0 Å². The Morgan fingerprint density at radius 3 is 1.56 bits per heavy atom. The van der Waals surface area contributed by atoms with E-state index in [0.717, 1.165) is 60.6 Å². The van der Waals surface area contributed by atoms with Crippen molar-refractivity contribution in [1.82, 2.24) is 4.98 Å². The summed E-state index contributed by atoms with van der Waals surface area (Å²) in [5, 5.41) is 5.68. The molecule has 0 fully saturated rings. The van der Waals surface area contributed by atoms with Crippen molar-refractivity contribution in [3.63, 3.8) is 0 Å². The third-order valence-corrected chi connectivity index (χ3v) is 8.83. The molecule has 0 radical (unpaired) electrons. The highest BCUT2D eigenvalue weighted by Crippen LogP contribution is 2.42. The SMILES string of the molecule is c1ccc(-c2cc(-c3ccccc3)cc(-c3ccc4c(c3)nc(-c3ccccc3)c3ccc5oc6ccccc6c5c34)c2)cc1. The number of nitrogens with zero attached hydrogens (tertiary/aromatic N) is 1. The number of furan rings is 1. The lowest BCUT2D eigenvalue weighted by atomic mass is 9.92. The number of benzene rings is 7. The van der Waals surface area contributed by atoms with E-state index < -0.39 is 0 Å². The van der Waals surface area contributed by atoms with Crippen molar-refractivity contribution in [1.29, 1.82) is 0 Å². The van der Waals surface area contributed by atoms with Crippen LogP contribution in [0.4, 0.5) is 0 Å². The topological polar surface area (TPSA) is 26.0 Å². The largest absolute Gasteiger partial charge is 0.456 e. The van der Waals surface area contributed by atoms with Crippen LogP contribution in [0.25, 0.3) is 88.3 Å². The Hall–Kier alpha value is -5.99. The van der Waals surface area contributed by atoms with E-state index in [2.05, 4.69) is 152 Å². The summed E-state index contributed by atoms with van der Waals surface area (Å²) in [6, 6.07) is 57.9. The second kappa shape index (κ2) is 10.3. The van der Waals surface area contributed by atoms with Crippen LogP contribution in [0.3, 0.4) is 0 Å². The molecule has 9 rings (SSSR count). The van der Waals surface area contributed by atoms with Gasteiger partial charge in [0.1, 0.15) is 11.2 Å². The maximum atomic E-state index is 6.34. The zero-order valence-electron chi connectivity index (χ0n) is 24.4. The van der Waals surface area contributed by atoms with E-state index in [1.54, 1.807) is 0 Å². The normalized spacial score (nSPS) is 11.6. The summed E-state index contributed by atoms with van der Waals surface area (Å²) in [4.78, 5) is 5.36. The Bertz CT molecular complexity index is 2460. The fourth-order valence-corrected chi connectivity index (χ4v) is 6.69. The summed E-state index contributed by atoms with van der Waals surface area (Å²) >= 11 is 0. The average molecular weight is 574 g/mol. The van der Waals surface area contributed by atoms with E-state index in [-0.39, 0.29) is 0 Å². The molecule has 0 aliphatic rings. The number of fused-ring (bicyclic) bond motifs is 7. The van der Waals surface area contributed by atoms with Gasteiger partial charge in [-0.25, -0.2) is 4.98 Å². The number of para-hydroxylation sites is 1. The van der Waals surface area contributed by atoms with E-state index in [9.17, 15) is 0 Å². The second-order valence-corrected chi connectivity index (χ2v) is 11.5. The first-order valence-electron chi connectivity index (χ1n) is 15.3. The van der Waals surface area contributed by atoms with Crippen molar-refractivity contribution in [3.05, 3.63) is 164 Å². The molecule has 210 valence electrons. The first-order chi connectivity index (χ1) is 22.3. The van der Waals surface area contributed by atoms with E-state index in [4.69, 9.17) is 9.40 Å². The van der Waals surface area contributed by atoms with Gasteiger partial charge < -0.3 is 4.42 Å². The molecule has 2 heteroatoms. The molecule has 2 heterocycles. The van der Waals surface area contributed by atoms with Gasteiger partial charge in [0.2, 0.25) is 0 Å². The molecule has 9 aromatic rings. The van der Waals surface area contributed by atoms with Crippen molar-refractivity contribution < 1.29 is 4.42 Å². The minimum absolute atomic E-state index is 0.891. The molecule has 2 aromatic heterocycles. The molecule has 0 bridgehead atoms. The highest BCUT2D eigenvalue weighted by molar-refractivity contribution is 6.28. The molecular formula is C43H27NO. The van der Waals surface area contributed by atoms with Gasteiger partial charge in [-0.1, -0.05) is 121 Å². The van der Waals surface area contributed by atoms with Gasteiger partial charge in [0.15, 0.2) is 0 Å². The Kier molecular flexibility index (Phi) is 5.85. The monoisotopic (exact) mass is 573 g/mol. The molecule has 0 spiro atoms. The highest BCUT2D eigenvalue weighted by Gasteiger charge is 2.18. The Morgan fingerprint density at radius 2 is 0.889 bits per heavy atom. The lowest BCUT2D eigenvalue weighted by molar-refractivity contribution is 0.669. The molecule has 2 nitrogen and oxygen atoms in total. The molecule has 0 unspecified atom stereocenters. The quantitative estimate of drug-likeness (QED) is 0.196. The first kappa shape index (κ1) is 25.5. The van der Waals surface area contributed by atoms with Gasteiger partial charge in [0, 0.05) is 32.5 Å². The van der Waals surface area contributed by atoms with E-state index in [1.807, 2.05) is 12.1 Å². The summed E-state index contributed by atoms with van der Waals surface area (Å²) in [7, 11) is 0. The number of pyridine rings is 1. The standard InChI is InChI=1S/C43H27NO/c1-4-12-28(13-5-1)32-24-33(29-14-6-2-7-15-29)26-34(25-32)31-20-21-35-38(27-31)44-43(30-16-8-3-9-17-30)37-22-23-40-42(41(35)37)36-18-10-11-19-39(36)45-40/h1-27H. The van der Waals surface area contributed by atoms with Crippen LogP contribution in [-0.2, 0) is 0 Å². The van der Waals surface area contributed by atoms with Crippen molar-refractivity contribution in [2.24, 2.45) is 0 Å². The predicted molar refractivity (Wildman–Crippen MR) is 188 cm³/mol. The lowest BCUT2D eigenvalue weighted by Crippen LogP contribution is -1.92. The molecule has 0 saturated carbocycles. The maximum absolute atomic E-state index is 6.34. The highest BCUT2D eigenvalue weighted by atomic mass is 16.3. The zero-order chi connectivity index (χ0) is 29.7. The van der Waals surface area contributed by atoms with Gasteiger partial charge in [0.05, 0.1) is 11.2 Å². The van der Waals surface area contributed by atoms with Gasteiger partial charge >= 0.3 is 0 Å². The maximum Gasteiger partial charge on any atom is 0.136 e. The van der Waals surface area contributed by atoms with Gasteiger partial charge in [-0.15, -0.1) is 0 Å². The molecule has 0 atom stereocenters. The second-order valence-electron chi connectivity index (χ2n) is 11.5. The average Bonchev–Trinajstić information content (AvgIpc) is 3.51. The van der Waals surface area contributed by atoms with E-state index in [1.165, 1.54) is 27.6 Å². The van der Waals surface area contributed by atoms with E-state index >= 15 is 0 Å². The lowest BCUT2D eigenvalue weighted by Gasteiger charge is -2.14. The summed E-state index contributed by atoms with van der Waals surface area (Å²) in [5.41, 5.74) is 11.9. The minimum Gasteiger partial charge on any atom is -0.456 e. The van der Waals surface area contributed by atoms with Crippen LogP contribution in [0.5, 0.6) is 0 Å². The summed E-state index contributed by atoms with van der Waals surface area (Å²) in [5.74, 6) is 0. The summed E-state index contributed by atoms with van der Waals surface area (Å²) in [6.07, 6.45) is 0. The van der Waals surface area contributed by atoms with Crippen LogP contribution in [0, 0.1) is 0 Å². The third kappa shape index (κ3) is 4.30. The van der Waals surface area contributed by atoms with Crippen molar-refractivity contribution in [2.75, 3.05) is 0 Å². The molecular weight excluding hydrogens is 546 g/mol. The van der Waals surface area contributed by atoms with Crippen molar-refractivity contribution in [2.45, 2.75) is 0 Å². The molecule has 45 heavy (non-hydrogen) atoms. The molecule has 7 aromatic carbocycles. The zero-order valence-corrected chi connectivity index (χ0v) is 24.4. The fourth-order valence-electron chi connectivity index (χ4n) is 6.69. The molecule has 0 amide bonds. The Balaban J connectivity index is 1.34. The van der Waals surface area contributed by atoms with Crippen LogP contribution < -0.4 is 0 Å². The fraction of sp³-hybridized carbons (Fsp3) is 0. The van der Waals surface area contributed by atoms with Gasteiger partial charge in [0.25, 0.3) is 0 Å². The minimum atomic E-state index is 0.891. The van der Waals surface area contributed by atoms with Gasteiger partial charge in [-0.05, 0) is 75.8 Å². The number of rotatable bonds is 4. The molecule has 0 aliphatic carbocycles. The molecule has 0 saturated heterocycles. The summed E-state index contributed by atoms with van der Waals surface area (Å²) in [6.45, 7) is 0. The Morgan fingerprint density at radius 1 is 0.333 bits per heavy atom.